The molecule has 0 saturated carbocycles. The molecule has 108 valence electrons. The summed E-state index contributed by atoms with van der Waals surface area (Å²) >= 11 is 0. The summed E-state index contributed by atoms with van der Waals surface area (Å²) < 4.78 is 19.8. The highest BCUT2D eigenvalue weighted by molar-refractivity contribution is 5.34. The monoisotopic (exact) mass is 276 g/mol. The number of piperidine rings is 1. The minimum Gasteiger partial charge on any atom is -0.377 e. The summed E-state index contributed by atoms with van der Waals surface area (Å²) in [5.41, 5.74) is 0.721. The van der Waals surface area contributed by atoms with Crippen molar-refractivity contribution in [2.24, 2.45) is 0 Å². The summed E-state index contributed by atoms with van der Waals surface area (Å²) in [4.78, 5) is 2.21. The summed E-state index contributed by atoms with van der Waals surface area (Å²) in [7, 11) is 0. The number of nitriles is 1. The third-order valence-electron chi connectivity index (χ3n) is 3.61. The van der Waals surface area contributed by atoms with Gasteiger partial charge in [0.1, 0.15) is 11.9 Å². The third-order valence-corrected chi connectivity index (χ3v) is 3.61. The summed E-state index contributed by atoms with van der Waals surface area (Å²) in [6.45, 7) is 5.24. The van der Waals surface area contributed by atoms with Gasteiger partial charge in [0.15, 0.2) is 0 Å². The molecule has 2 rings (SSSR count). The Morgan fingerprint density at radius 1 is 1.50 bits per heavy atom. The average molecular weight is 276 g/mol. The van der Waals surface area contributed by atoms with E-state index in [1.165, 1.54) is 6.07 Å². The Hall–Kier alpha value is -1.44. The summed E-state index contributed by atoms with van der Waals surface area (Å²) in [5, 5.41) is 8.86. The minimum atomic E-state index is -0.383. The molecular weight excluding hydrogens is 255 g/mol. The highest BCUT2D eigenvalue weighted by atomic mass is 19.1. The van der Waals surface area contributed by atoms with Crippen LogP contribution in [0.5, 0.6) is 0 Å². The predicted octanol–water partition coefficient (Wildman–Crippen LogP) is 3.09. The molecule has 1 saturated heterocycles. The van der Waals surface area contributed by atoms with Crippen LogP contribution in [0.15, 0.2) is 18.2 Å². The fourth-order valence-electron chi connectivity index (χ4n) is 2.61. The molecule has 1 aliphatic rings. The second-order valence-corrected chi connectivity index (χ2v) is 5.26. The lowest BCUT2D eigenvalue weighted by atomic mass is 10.1. The van der Waals surface area contributed by atoms with E-state index < -0.39 is 0 Å². The molecule has 0 N–H and O–H groups in total. The molecular formula is C16H21FN2O. The number of rotatable bonds is 5. The second-order valence-electron chi connectivity index (χ2n) is 5.26. The first kappa shape index (κ1) is 15.0. The van der Waals surface area contributed by atoms with Gasteiger partial charge in [-0.15, -0.1) is 0 Å². The van der Waals surface area contributed by atoms with Crippen LogP contribution in [0.1, 0.15) is 37.3 Å². The lowest BCUT2D eigenvalue weighted by molar-refractivity contribution is -0.00247. The standard InChI is InChI=1S/C16H21FN2O/c1-2-9-20-15-7-4-8-19(12-15)11-14-6-3-5-13(10-18)16(14)17/h3,5-6,15H,2,4,7-9,11-12H2,1H3. The van der Waals surface area contributed by atoms with E-state index in [9.17, 15) is 4.39 Å². The number of hydrogen-bond acceptors (Lipinski definition) is 3. The van der Waals surface area contributed by atoms with Crippen molar-refractivity contribution in [2.45, 2.75) is 38.8 Å². The molecule has 1 heterocycles. The van der Waals surface area contributed by atoms with Gasteiger partial charge in [0, 0.05) is 25.3 Å². The maximum Gasteiger partial charge on any atom is 0.145 e. The van der Waals surface area contributed by atoms with Crippen LogP contribution in [0.25, 0.3) is 0 Å². The van der Waals surface area contributed by atoms with Crippen molar-refractivity contribution in [3.63, 3.8) is 0 Å². The topological polar surface area (TPSA) is 36.3 Å². The van der Waals surface area contributed by atoms with E-state index in [2.05, 4.69) is 11.8 Å². The van der Waals surface area contributed by atoms with Crippen LogP contribution in [0.4, 0.5) is 4.39 Å². The van der Waals surface area contributed by atoms with Crippen LogP contribution < -0.4 is 0 Å². The average Bonchev–Trinajstić information content (AvgIpc) is 2.48. The van der Waals surface area contributed by atoms with Gasteiger partial charge in [-0.3, -0.25) is 4.90 Å². The van der Waals surface area contributed by atoms with Gasteiger partial charge in [0.05, 0.1) is 11.7 Å². The van der Waals surface area contributed by atoms with Crippen LogP contribution in [-0.4, -0.2) is 30.7 Å². The van der Waals surface area contributed by atoms with Gasteiger partial charge in [0.25, 0.3) is 0 Å². The van der Waals surface area contributed by atoms with Crippen molar-refractivity contribution in [2.75, 3.05) is 19.7 Å². The SMILES string of the molecule is CCCOC1CCCN(Cc2cccc(C#N)c2F)C1. The Morgan fingerprint density at radius 2 is 2.35 bits per heavy atom. The quantitative estimate of drug-likeness (QED) is 0.829. The zero-order valence-corrected chi connectivity index (χ0v) is 11.9. The first-order valence-electron chi connectivity index (χ1n) is 7.26. The lowest BCUT2D eigenvalue weighted by Gasteiger charge is -2.32. The normalized spacial score (nSPS) is 19.8. The molecule has 1 aromatic carbocycles. The molecule has 1 atom stereocenters. The number of benzene rings is 1. The number of hydrogen-bond donors (Lipinski definition) is 0. The van der Waals surface area contributed by atoms with Gasteiger partial charge < -0.3 is 4.74 Å². The molecule has 0 aromatic heterocycles. The molecule has 0 amide bonds. The summed E-state index contributed by atoms with van der Waals surface area (Å²) in [5.74, 6) is -0.383. The van der Waals surface area contributed by atoms with Gasteiger partial charge in [-0.1, -0.05) is 19.1 Å². The first-order valence-corrected chi connectivity index (χ1v) is 7.26. The zero-order valence-electron chi connectivity index (χ0n) is 11.9. The Morgan fingerprint density at radius 3 is 3.10 bits per heavy atom. The smallest absolute Gasteiger partial charge is 0.145 e. The van der Waals surface area contributed by atoms with E-state index in [0.29, 0.717) is 12.1 Å². The lowest BCUT2D eigenvalue weighted by Crippen LogP contribution is -2.39. The number of ether oxygens (including phenoxy) is 1. The summed E-state index contributed by atoms with van der Waals surface area (Å²) in [6.07, 6.45) is 3.44. The maximum atomic E-state index is 14.0. The van der Waals surface area contributed by atoms with Gasteiger partial charge in [-0.05, 0) is 31.9 Å². The molecule has 1 unspecified atom stereocenters. The summed E-state index contributed by atoms with van der Waals surface area (Å²) in [6, 6.07) is 6.91. The third kappa shape index (κ3) is 3.78. The molecule has 0 spiro atoms. The molecule has 3 nitrogen and oxygen atoms in total. The van der Waals surface area contributed by atoms with Gasteiger partial charge in [-0.2, -0.15) is 5.26 Å². The van der Waals surface area contributed by atoms with Gasteiger partial charge in [0.2, 0.25) is 0 Å². The van der Waals surface area contributed by atoms with Crippen LogP contribution in [0.3, 0.4) is 0 Å². The largest absolute Gasteiger partial charge is 0.377 e. The van der Waals surface area contributed by atoms with Crippen LogP contribution in [0, 0.1) is 17.1 Å². The van der Waals surface area contributed by atoms with Crippen LogP contribution in [0.2, 0.25) is 0 Å². The molecule has 1 aliphatic heterocycles. The maximum absolute atomic E-state index is 14.0. The van der Waals surface area contributed by atoms with Crippen molar-refractivity contribution in [1.29, 1.82) is 5.26 Å². The highest BCUT2D eigenvalue weighted by Gasteiger charge is 2.21. The van der Waals surface area contributed by atoms with Crippen molar-refractivity contribution in [1.82, 2.24) is 4.90 Å². The fraction of sp³-hybridized carbons (Fsp3) is 0.562. The number of likely N-dealkylation sites (tertiary alicyclic amines) is 1. The van der Waals surface area contributed by atoms with E-state index in [-0.39, 0.29) is 17.5 Å². The predicted molar refractivity (Wildman–Crippen MR) is 75.7 cm³/mol. The van der Waals surface area contributed by atoms with Crippen molar-refractivity contribution in [3.8, 4) is 6.07 Å². The number of nitrogens with zero attached hydrogens (tertiary/aromatic N) is 2. The van der Waals surface area contributed by atoms with E-state index in [0.717, 1.165) is 39.0 Å². The highest BCUT2D eigenvalue weighted by Crippen LogP contribution is 2.19. The Bertz CT molecular complexity index is 484. The minimum absolute atomic E-state index is 0.123. The van der Waals surface area contributed by atoms with E-state index in [1.54, 1.807) is 12.1 Å². The molecule has 0 aliphatic carbocycles. The Kier molecular flexibility index (Phi) is 5.51. The zero-order chi connectivity index (χ0) is 14.4. The molecule has 20 heavy (non-hydrogen) atoms. The number of halogens is 1. The first-order chi connectivity index (χ1) is 9.74. The molecule has 1 fully saturated rings. The van der Waals surface area contributed by atoms with Gasteiger partial charge >= 0.3 is 0 Å². The second kappa shape index (κ2) is 7.37. The molecule has 1 aromatic rings. The van der Waals surface area contributed by atoms with Crippen molar-refractivity contribution in [3.05, 3.63) is 35.1 Å². The van der Waals surface area contributed by atoms with Crippen molar-refractivity contribution >= 4 is 0 Å². The van der Waals surface area contributed by atoms with Crippen LogP contribution >= 0.6 is 0 Å². The van der Waals surface area contributed by atoms with E-state index >= 15 is 0 Å². The van der Waals surface area contributed by atoms with E-state index in [1.807, 2.05) is 6.07 Å². The Balaban J connectivity index is 1.98. The molecule has 0 radical (unpaired) electrons. The molecule has 0 bridgehead atoms. The van der Waals surface area contributed by atoms with Gasteiger partial charge in [-0.25, -0.2) is 4.39 Å². The molecule has 4 heteroatoms. The van der Waals surface area contributed by atoms with Crippen LogP contribution in [-0.2, 0) is 11.3 Å². The van der Waals surface area contributed by atoms with Crippen molar-refractivity contribution < 1.29 is 9.13 Å². The Labute approximate surface area is 120 Å². The van der Waals surface area contributed by atoms with E-state index in [4.69, 9.17) is 10.00 Å². The fourth-order valence-corrected chi connectivity index (χ4v) is 2.61.